The Hall–Kier alpha value is -0.0800. The van der Waals surface area contributed by atoms with E-state index in [-0.39, 0.29) is 6.29 Å². The van der Waals surface area contributed by atoms with Crippen molar-refractivity contribution in [2.24, 2.45) is 29.1 Å². The van der Waals surface area contributed by atoms with Gasteiger partial charge >= 0.3 is 0 Å². The zero-order valence-electron chi connectivity index (χ0n) is 14.2. The van der Waals surface area contributed by atoms with Crippen molar-refractivity contribution < 1.29 is 9.47 Å². The van der Waals surface area contributed by atoms with Crippen LogP contribution in [-0.2, 0) is 9.47 Å². The molecule has 2 aliphatic carbocycles. The van der Waals surface area contributed by atoms with Gasteiger partial charge in [-0.05, 0) is 54.8 Å². The molecule has 0 N–H and O–H groups in total. The molecule has 2 heteroatoms. The zero-order chi connectivity index (χ0) is 14.8. The second-order valence-corrected chi connectivity index (χ2v) is 7.47. The second kappa shape index (κ2) is 6.79. The molecule has 0 radical (unpaired) electrons. The molecule has 118 valence electrons. The SMILES string of the molecule is CC[C@H](C)[C@H]1CC[C@H]2[C@H](CC(OC)OC)CCC[C@]12C. The van der Waals surface area contributed by atoms with Crippen molar-refractivity contribution in [2.75, 3.05) is 14.2 Å². The van der Waals surface area contributed by atoms with Crippen LogP contribution in [0.15, 0.2) is 0 Å². The molecule has 2 aliphatic rings. The molecule has 0 unspecified atom stereocenters. The highest BCUT2D eigenvalue weighted by Crippen LogP contribution is 2.60. The molecule has 2 rings (SSSR count). The van der Waals surface area contributed by atoms with E-state index in [0.29, 0.717) is 5.41 Å². The first-order chi connectivity index (χ1) is 9.56. The molecule has 0 aliphatic heterocycles. The van der Waals surface area contributed by atoms with Gasteiger partial charge in [-0.1, -0.05) is 33.6 Å². The van der Waals surface area contributed by atoms with E-state index in [2.05, 4.69) is 20.8 Å². The Labute approximate surface area is 125 Å². The summed E-state index contributed by atoms with van der Waals surface area (Å²) in [5, 5.41) is 0. The molecular weight excluding hydrogens is 248 g/mol. The van der Waals surface area contributed by atoms with Gasteiger partial charge in [0.1, 0.15) is 0 Å². The lowest BCUT2D eigenvalue weighted by Crippen LogP contribution is -2.40. The molecule has 0 amide bonds. The smallest absolute Gasteiger partial charge is 0.157 e. The Morgan fingerprint density at radius 3 is 2.45 bits per heavy atom. The normalized spacial score (nSPS) is 39.0. The number of ether oxygens (including phenoxy) is 2. The molecular formula is C18H34O2. The minimum Gasteiger partial charge on any atom is -0.356 e. The monoisotopic (exact) mass is 282 g/mol. The summed E-state index contributed by atoms with van der Waals surface area (Å²) in [6.07, 6.45) is 9.48. The van der Waals surface area contributed by atoms with Gasteiger partial charge in [-0.2, -0.15) is 0 Å². The number of fused-ring (bicyclic) bond motifs is 1. The van der Waals surface area contributed by atoms with Crippen molar-refractivity contribution in [3.63, 3.8) is 0 Å². The van der Waals surface area contributed by atoms with E-state index >= 15 is 0 Å². The van der Waals surface area contributed by atoms with Crippen molar-refractivity contribution in [3.8, 4) is 0 Å². The number of rotatable bonds is 6. The van der Waals surface area contributed by atoms with Crippen LogP contribution in [0.1, 0.15) is 65.7 Å². The maximum Gasteiger partial charge on any atom is 0.157 e. The summed E-state index contributed by atoms with van der Waals surface area (Å²) in [4.78, 5) is 0. The highest BCUT2D eigenvalue weighted by atomic mass is 16.7. The van der Waals surface area contributed by atoms with E-state index in [1.54, 1.807) is 14.2 Å². The number of hydrogen-bond acceptors (Lipinski definition) is 2. The molecule has 0 spiro atoms. The fourth-order valence-corrected chi connectivity index (χ4v) is 5.42. The highest BCUT2D eigenvalue weighted by Gasteiger charge is 2.52. The third kappa shape index (κ3) is 2.92. The minimum atomic E-state index is -0.00926. The van der Waals surface area contributed by atoms with Crippen LogP contribution in [-0.4, -0.2) is 20.5 Å². The van der Waals surface area contributed by atoms with Crippen molar-refractivity contribution in [1.82, 2.24) is 0 Å². The Balaban J connectivity index is 2.09. The van der Waals surface area contributed by atoms with Gasteiger partial charge in [-0.25, -0.2) is 0 Å². The van der Waals surface area contributed by atoms with Gasteiger partial charge in [0.05, 0.1) is 0 Å². The Morgan fingerprint density at radius 2 is 1.85 bits per heavy atom. The van der Waals surface area contributed by atoms with E-state index in [9.17, 15) is 0 Å². The summed E-state index contributed by atoms with van der Waals surface area (Å²) >= 11 is 0. The van der Waals surface area contributed by atoms with E-state index in [1.165, 1.54) is 38.5 Å². The molecule has 0 saturated heterocycles. The van der Waals surface area contributed by atoms with Gasteiger partial charge in [0.15, 0.2) is 6.29 Å². The lowest BCUT2D eigenvalue weighted by Gasteiger charge is -2.47. The predicted octanol–water partition coefficient (Wildman–Crippen LogP) is 4.87. The lowest BCUT2D eigenvalue weighted by molar-refractivity contribution is -0.126. The molecule has 2 nitrogen and oxygen atoms in total. The van der Waals surface area contributed by atoms with Gasteiger partial charge in [-0.15, -0.1) is 0 Å². The first-order valence-electron chi connectivity index (χ1n) is 8.62. The summed E-state index contributed by atoms with van der Waals surface area (Å²) in [6, 6.07) is 0. The molecule has 0 aromatic heterocycles. The van der Waals surface area contributed by atoms with E-state index in [1.807, 2.05) is 0 Å². The Bertz CT molecular complexity index is 300. The predicted molar refractivity (Wildman–Crippen MR) is 83.5 cm³/mol. The first-order valence-corrected chi connectivity index (χ1v) is 8.62. The van der Waals surface area contributed by atoms with Crippen LogP contribution in [0.2, 0.25) is 0 Å². The third-order valence-corrected chi connectivity index (χ3v) is 6.69. The van der Waals surface area contributed by atoms with Crippen LogP contribution in [0.5, 0.6) is 0 Å². The maximum absolute atomic E-state index is 5.46. The van der Waals surface area contributed by atoms with Crippen molar-refractivity contribution in [1.29, 1.82) is 0 Å². The van der Waals surface area contributed by atoms with Crippen LogP contribution in [0.4, 0.5) is 0 Å². The minimum absolute atomic E-state index is 0.00926. The van der Waals surface area contributed by atoms with Crippen LogP contribution in [0, 0.1) is 29.1 Å². The number of hydrogen-bond donors (Lipinski definition) is 0. The maximum atomic E-state index is 5.46. The van der Waals surface area contributed by atoms with Crippen LogP contribution in [0.25, 0.3) is 0 Å². The largest absolute Gasteiger partial charge is 0.356 e. The molecule has 0 heterocycles. The van der Waals surface area contributed by atoms with Gasteiger partial charge in [0.25, 0.3) is 0 Å². The lowest BCUT2D eigenvalue weighted by atomic mass is 9.58. The van der Waals surface area contributed by atoms with Crippen LogP contribution >= 0.6 is 0 Å². The Kier molecular flexibility index (Phi) is 5.53. The van der Waals surface area contributed by atoms with Gasteiger partial charge in [0, 0.05) is 20.6 Å². The summed E-state index contributed by atoms with van der Waals surface area (Å²) in [5.41, 5.74) is 0.574. The van der Waals surface area contributed by atoms with Crippen LogP contribution in [0.3, 0.4) is 0 Å². The molecule has 0 bridgehead atoms. The summed E-state index contributed by atoms with van der Waals surface area (Å²) in [6.45, 7) is 7.41. The average molecular weight is 282 g/mol. The van der Waals surface area contributed by atoms with Crippen molar-refractivity contribution in [3.05, 3.63) is 0 Å². The third-order valence-electron chi connectivity index (χ3n) is 6.69. The van der Waals surface area contributed by atoms with Crippen molar-refractivity contribution >= 4 is 0 Å². The molecule has 5 atom stereocenters. The summed E-state index contributed by atoms with van der Waals surface area (Å²) < 4.78 is 10.9. The second-order valence-electron chi connectivity index (χ2n) is 7.47. The Morgan fingerprint density at radius 1 is 1.15 bits per heavy atom. The standard InChI is InChI=1S/C18H34O2/c1-6-13(2)15-9-10-16-14(12-17(19-4)20-5)8-7-11-18(15,16)3/h13-17H,6-12H2,1-5H3/t13-,14-,15+,16-,18+/m0/s1. The fraction of sp³-hybridized carbons (Fsp3) is 1.00. The van der Waals surface area contributed by atoms with E-state index in [4.69, 9.17) is 9.47 Å². The van der Waals surface area contributed by atoms with E-state index < -0.39 is 0 Å². The summed E-state index contributed by atoms with van der Waals surface area (Å²) in [7, 11) is 3.54. The molecule has 20 heavy (non-hydrogen) atoms. The first kappa shape index (κ1) is 16.3. The van der Waals surface area contributed by atoms with Crippen LogP contribution < -0.4 is 0 Å². The zero-order valence-corrected chi connectivity index (χ0v) is 14.2. The van der Waals surface area contributed by atoms with Gasteiger partial charge in [0.2, 0.25) is 0 Å². The molecule has 2 saturated carbocycles. The van der Waals surface area contributed by atoms with Crippen molar-refractivity contribution in [2.45, 2.75) is 72.0 Å². The fourth-order valence-electron chi connectivity index (χ4n) is 5.42. The highest BCUT2D eigenvalue weighted by molar-refractivity contribution is 5.01. The molecule has 0 aromatic rings. The molecule has 2 fully saturated rings. The number of methoxy groups -OCH3 is 2. The quantitative estimate of drug-likeness (QED) is 0.647. The molecule has 0 aromatic carbocycles. The van der Waals surface area contributed by atoms with Gasteiger partial charge < -0.3 is 9.47 Å². The average Bonchev–Trinajstić information content (AvgIpc) is 2.81. The van der Waals surface area contributed by atoms with Gasteiger partial charge in [-0.3, -0.25) is 0 Å². The van der Waals surface area contributed by atoms with E-state index in [0.717, 1.165) is 30.1 Å². The summed E-state index contributed by atoms with van der Waals surface area (Å²) in [5.74, 6) is 3.50. The topological polar surface area (TPSA) is 18.5 Å².